The van der Waals surface area contributed by atoms with E-state index in [0.717, 1.165) is 0 Å². The Balaban J connectivity index is 2.82. The standard InChI is InChI=1S/C11H16N2O4/c1-7(2)13(6-10(12)14)5-9-8(11(15)16)3-4-17-9/h3-4,7H,5-6H2,1-2H3,(H2,12,14)(H,15,16). The molecule has 94 valence electrons. The van der Waals surface area contributed by atoms with Gasteiger partial charge in [0.15, 0.2) is 0 Å². The minimum absolute atomic E-state index is 0.0641. The van der Waals surface area contributed by atoms with Crippen LogP contribution < -0.4 is 5.73 Å². The molecule has 0 saturated carbocycles. The van der Waals surface area contributed by atoms with E-state index in [1.165, 1.54) is 12.3 Å². The van der Waals surface area contributed by atoms with Gasteiger partial charge in [-0.05, 0) is 19.9 Å². The number of carbonyl (C=O) groups is 2. The highest BCUT2D eigenvalue weighted by atomic mass is 16.4. The van der Waals surface area contributed by atoms with E-state index in [4.69, 9.17) is 15.3 Å². The molecule has 0 radical (unpaired) electrons. The second-order valence-corrected chi connectivity index (χ2v) is 4.03. The maximum Gasteiger partial charge on any atom is 0.339 e. The van der Waals surface area contributed by atoms with Gasteiger partial charge in [-0.2, -0.15) is 0 Å². The van der Waals surface area contributed by atoms with Gasteiger partial charge in [0, 0.05) is 6.04 Å². The Kier molecular flexibility index (Phi) is 4.28. The zero-order chi connectivity index (χ0) is 13.0. The van der Waals surface area contributed by atoms with Crippen molar-refractivity contribution in [3.8, 4) is 0 Å². The molecule has 6 heteroatoms. The predicted octanol–water partition coefficient (Wildman–Crippen LogP) is 0.673. The summed E-state index contributed by atoms with van der Waals surface area (Å²) in [5.41, 5.74) is 5.24. The Morgan fingerprint density at radius 3 is 2.65 bits per heavy atom. The van der Waals surface area contributed by atoms with Gasteiger partial charge in [0.05, 0.1) is 19.4 Å². The SMILES string of the molecule is CC(C)N(CC(N)=O)Cc1occc1C(=O)O. The van der Waals surface area contributed by atoms with Crippen molar-refractivity contribution in [3.05, 3.63) is 23.7 Å². The van der Waals surface area contributed by atoms with Crippen molar-refractivity contribution >= 4 is 11.9 Å². The largest absolute Gasteiger partial charge is 0.478 e. The third kappa shape index (κ3) is 3.60. The van der Waals surface area contributed by atoms with Crippen molar-refractivity contribution in [2.75, 3.05) is 6.54 Å². The molecule has 17 heavy (non-hydrogen) atoms. The highest BCUT2D eigenvalue weighted by Crippen LogP contribution is 2.14. The van der Waals surface area contributed by atoms with E-state index in [1.807, 2.05) is 13.8 Å². The maximum absolute atomic E-state index is 10.9. The van der Waals surface area contributed by atoms with Crippen molar-refractivity contribution in [1.82, 2.24) is 4.90 Å². The number of nitrogens with two attached hydrogens (primary N) is 1. The molecule has 1 amide bonds. The van der Waals surface area contributed by atoms with Gasteiger partial charge in [-0.25, -0.2) is 4.79 Å². The Hall–Kier alpha value is -1.82. The number of carboxylic acids is 1. The number of furan rings is 1. The molecule has 0 aliphatic carbocycles. The summed E-state index contributed by atoms with van der Waals surface area (Å²) in [5.74, 6) is -1.17. The molecule has 0 unspecified atom stereocenters. The number of carboxylic acid groups (broad SMARTS) is 1. The second-order valence-electron chi connectivity index (χ2n) is 4.03. The Morgan fingerprint density at radius 2 is 2.18 bits per heavy atom. The van der Waals surface area contributed by atoms with Gasteiger partial charge in [-0.15, -0.1) is 0 Å². The molecule has 0 saturated heterocycles. The first-order valence-electron chi connectivity index (χ1n) is 5.23. The lowest BCUT2D eigenvalue weighted by atomic mass is 10.2. The number of hydrogen-bond donors (Lipinski definition) is 2. The van der Waals surface area contributed by atoms with Crippen LogP contribution >= 0.6 is 0 Å². The van der Waals surface area contributed by atoms with Crippen LogP contribution in [-0.4, -0.2) is 34.5 Å². The molecule has 0 aliphatic rings. The normalized spacial score (nSPS) is 11.1. The van der Waals surface area contributed by atoms with E-state index in [0.29, 0.717) is 5.76 Å². The molecule has 3 N–H and O–H groups in total. The van der Waals surface area contributed by atoms with Gasteiger partial charge in [0.1, 0.15) is 11.3 Å². The molecule has 1 rings (SSSR count). The number of nitrogens with zero attached hydrogens (tertiary/aromatic N) is 1. The van der Waals surface area contributed by atoms with Gasteiger partial charge in [0.2, 0.25) is 5.91 Å². The molecular formula is C11H16N2O4. The average Bonchev–Trinajstić information content (AvgIpc) is 2.63. The molecule has 0 aromatic carbocycles. The fraction of sp³-hybridized carbons (Fsp3) is 0.455. The Labute approximate surface area is 99.0 Å². The molecule has 0 bridgehead atoms. The Morgan fingerprint density at radius 1 is 1.53 bits per heavy atom. The fourth-order valence-electron chi connectivity index (χ4n) is 1.46. The summed E-state index contributed by atoms with van der Waals surface area (Å²) < 4.78 is 5.11. The van der Waals surface area contributed by atoms with E-state index in [9.17, 15) is 9.59 Å². The van der Waals surface area contributed by atoms with Crippen LogP contribution in [0.5, 0.6) is 0 Å². The maximum atomic E-state index is 10.9. The number of rotatable bonds is 6. The first-order valence-corrected chi connectivity index (χ1v) is 5.23. The van der Waals surface area contributed by atoms with E-state index in [1.54, 1.807) is 4.90 Å². The van der Waals surface area contributed by atoms with Crippen LogP contribution in [0.25, 0.3) is 0 Å². The molecule has 1 aromatic rings. The third-order valence-electron chi connectivity index (χ3n) is 2.41. The van der Waals surface area contributed by atoms with Gasteiger partial charge >= 0.3 is 5.97 Å². The highest BCUT2D eigenvalue weighted by molar-refractivity contribution is 5.88. The predicted molar refractivity (Wildman–Crippen MR) is 60.4 cm³/mol. The topological polar surface area (TPSA) is 96.8 Å². The van der Waals surface area contributed by atoms with Gasteiger partial charge in [0.25, 0.3) is 0 Å². The first kappa shape index (κ1) is 13.2. The quantitative estimate of drug-likeness (QED) is 0.761. The minimum Gasteiger partial charge on any atom is -0.478 e. The molecule has 0 atom stereocenters. The lowest BCUT2D eigenvalue weighted by molar-refractivity contribution is -0.119. The minimum atomic E-state index is -1.04. The summed E-state index contributed by atoms with van der Waals surface area (Å²) >= 11 is 0. The van der Waals surface area contributed by atoms with E-state index in [-0.39, 0.29) is 24.7 Å². The molecule has 1 aromatic heterocycles. The van der Waals surface area contributed by atoms with Crippen LogP contribution in [0.15, 0.2) is 16.7 Å². The van der Waals surface area contributed by atoms with Gasteiger partial charge in [-0.3, -0.25) is 9.69 Å². The Bertz CT molecular complexity index is 411. The lowest BCUT2D eigenvalue weighted by Gasteiger charge is -2.23. The van der Waals surface area contributed by atoms with E-state index >= 15 is 0 Å². The number of primary amides is 1. The number of amides is 1. The summed E-state index contributed by atoms with van der Waals surface area (Å²) in [4.78, 5) is 23.5. The molecule has 0 fully saturated rings. The molecule has 6 nitrogen and oxygen atoms in total. The molecular weight excluding hydrogens is 224 g/mol. The average molecular weight is 240 g/mol. The third-order valence-corrected chi connectivity index (χ3v) is 2.41. The number of carbonyl (C=O) groups excluding carboxylic acids is 1. The van der Waals surface area contributed by atoms with Gasteiger partial charge < -0.3 is 15.3 Å². The van der Waals surface area contributed by atoms with Gasteiger partial charge in [-0.1, -0.05) is 0 Å². The number of hydrogen-bond acceptors (Lipinski definition) is 4. The van der Waals surface area contributed by atoms with Crippen molar-refractivity contribution in [2.45, 2.75) is 26.4 Å². The van der Waals surface area contributed by atoms with Crippen LogP contribution in [0, 0.1) is 0 Å². The summed E-state index contributed by atoms with van der Waals surface area (Å²) in [6.07, 6.45) is 1.32. The monoisotopic (exact) mass is 240 g/mol. The van der Waals surface area contributed by atoms with Crippen molar-refractivity contribution < 1.29 is 19.1 Å². The first-order chi connectivity index (χ1) is 7.91. The zero-order valence-corrected chi connectivity index (χ0v) is 9.84. The summed E-state index contributed by atoms with van der Waals surface area (Å²) in [7, 11) is 0. The summed E-state index contributed by atoms with van der Waals surface area (Å²) in [6, 6.07) is 1.45. The van der Waals surface area contributed by atoms with Crippen molar-refractivity contribution in [3.63, 3.8) is 0 Å². The fourth-order valence-corrected chi connectivity index (χ4v) is 1.46. The van der Waals surface area contributed by atoms with E-state index in [2.05, 4.69) is 0 Å². The van der Waals surface area contributed by atoms with Crippen LogP contribution in [-0.2, 0) is 11.3 Å². The van der Waals surface area contributed by atoms with Crippen LogP contribution in [0.2, 0.25) is 0 Å². The zero-order valence-electron chi connectivity index (χ0n) is 9.84. The van der Waals surface area contributed by atoms with Crippen molar-refractivity contribution in [1.29, 1.82) is 0 Å². The molecule has 1 heterocycles. The summed E-state index contributed by atoms with van der Waals surface area (Å²) in [6.45, 7) is 4.10. The van der Waals surface area contributed by atoms with Crippen LogP contribution in [0.1, 0.15) is 30.0 Å². The van der Waals surface area contributed by atoms with E-state index < -0.39 is 11.9 Å². The second kappa shape index (κ2) is 5.49. The summed E-state index contributed by atoms with van der Waals surface area (Å²) in [5, 5.41) is 8.92. The van der Waals surface area contributed by atoms with Crippen LogP contribution in [0.4, 0.5) is 0 Å². The highest BCUT2D eigenvalue weighted by Gasteiger charge is 2.19. The van der Waals surface area contributed by atoms with Crippen molar-refractivity contribution in [2.24, 2.45) is 5.73 Å². The van der Waals surface area contributed by atoms with Crippen LogP contribution in [0.3, 0.4) is 0 Å². The number of aromatic carboxylic acids is 1. The molecule has 0 aliphatic heterocycles. The smallest absolute Gasteiger partial charge is 0.339 e. The lowest BCUT2D eigenvalue weighted by Crippen LogP contribution is -2.38. The molecule has 0 spiro atoms.